The second-order valence-electron chi connectivity index (χ2n) is 11.6. The summed E-state index contributed by atoms with van der Waals surface area (Å²) in [6, 6.07) is 29.8. The molecule has 0 heterocycles. The van der Waals surface area contributed by atoms with Crippen LogP contribution in [-0.4, -0.2) is 44.3 Å². The Morgan fingerprint density at radius 1 is 0.822 bits per heavy atom. The molecule has 4 rings (SSSR count). The number of nitrogens with zero attached hydrogens (tertiary/aromatic N) is 2. The van der Waals surface area contributed by atoms with Crippen molar-refractivity contribution in [1.29, 1.82) is 0 Å². The van der Waals surface area contributed by atoms with Crippen molar-refractivity contribution in [3.8, 4) is 0 Å². The maximum atomic E-state index is 14.6. The number of hydrogen-bond acceptors (Lipinski definition) is 4. The summed E-state index contributed by atoms with van der Waals surface area (Å²) in [5.74, 6) is -0.576. The summed E-state index contributed by atoms with van der Waals surface area (Å²) in [6.45, 7) is 7.78. The predicted molar refractivity (Wildman–Crippen MR) is 183 cm³/mol. The molecule has 0 fully saturated rings. The van der Waals surface area contributed by atoms with E-state index < -0.39 is 28.5 Å². The van der Waals surface area contributed by atoms with E-state index in [2.05, 4.69) is 21.2 Å². The molecule has 236 valence electrons. The molecule has 9 heteroatoms. The van der Waals surface area contributed by atoms with Gasteiger partial charge >= 0.3 is 0 Å². The summed E-state index contributed by atoms with van der Waals surface area (Å²) in [5.41, 5.74) is 3.67. The topological polar surface area (TPSA) is 86.8 Å². The normalized spacial score (nSPS) is 12.0. The van der Waals surface area contributed by atoms with Gasteiger partial charge in [-0.1, -0.05) is 103 Å². The highest BCUT2D eigenvalue weighted by Crippen LogP contribution is 2.29. The molecule has 0 aliphatic rings. The van der Waals surface area contributed by atoms with Crippen LogP contribution in [0.2, 0.25) is 0 Å². The predicted octanol–water partition coefficient (Wildman–Crippen LogP) is 6.67. The number of amides is 2. The van der Waals surface area contributed by atoms with Crippen molar-refractivity contribution in [1.82, 2.24) is 10.2 Å². The van der Waals surface area contributed by atoms with E-state index in [1.54, 1.807) is 24.3 Å². The van der Waals surface area contributed by atoms with Crippen LogP contribution < -0.4 is 9.62 Å². The van der Waals surface area contributed by atoms with Crippen LogP contribution in [-0.2, 0) is 32.6 Å². The fourth-order valence-corrected chi connectivity index (χ4v) is 6.97. The molecule has 45 heavy (non-hydrogen) atoms. The van der Waals surface area contributed by atoms with Crippen molar-refractivity contribution in [2.45, 2.75) is 51.6 Å². The Morgan fingerprint density at radius 3 is 2.11 bits per heavy atom. The first-order valence-electron chi connectivity index (χ1n) is 15.0. The van der Waals surface area contributed by atoms with Crippen molar-refractivity contribution in [3.63, 3.8) is 0 Å². The number of benzene rings is 4. The molecule has 0 spiro atoms. The van der Waals surface area contributed by atoms with E-state index in [0.29, 0.717) is 17.8 Å². The molecular weight excluding hydrogens is 650 g/mol. The number of nitrogens with one attached hydrogen (secondary N) is 1. The highest BCUT2D eigenvalue weighted by molar-refractivity contribution is 9.10. The van der Waals surface area contributed by atoms with Crippen LogP contribution in [0.5, 0.6) is 0 Å². The fourth-order valence-electron chi connectivity index (χ4n) is 5.03. The number of carbonyl (C=O) groups excluding carboxylic acids is 2. The summed E-state index contributed by atoms with van der Waals surface area (Å²) in [4.78, 5) is 30.1. The SMILES string of the molecule is Cc1ccc(C)c(N(CC(=O)N(Cc2cccc(Br)c2)C(Cc2ccccc2)C(=O)NCC(C)C)S(=O)(=O)c2ccccc2)c1. The quantitative estimate of drug-likeness (QED) is 0.170. The summed E-state index contributed by atoms with van der Waals surface area (Å²) in [6.07, 6.45) is 0.263. The number of sulfonamides is 1. The van der Waals surface area contributed by atoms with Crippen molar-refractivity contribution in [2.24, 2.45) is 5.92 Å². The maximum absolute atomic E-state index is 14.6. The Balaban J connectivity index is 1.82. The van der Waals surface area contributed by atoms with E-state index in [4.69, 9.17) is 0 Å². The summed E-state index contributed by atoms with van der Waals surface area (Å²) in [7, 11) is -4.15. The number of rotatable bonds is 13. The third-order valence-corrected chi connectivity index (χ3v) is 9.71. The minimum Gasteiger partial charge on any atom is -0.354 e. The van der Waals surface area contributed by atoms with Gasteiger partial charge in [-0.2, -0.15) is 0 Å². The smallest absolute Gasteiger partial charge is 0.264 e. The minimum absolute atomic E-state index is 0.0766. The van der Waals surface area contributed by atoms with Crippen molar-refractivity contribution >= 4 is 43.5 Å². The molecule has 1 N–H and O–H groups in total. The van der Waals surface area contributed by atoms with Crippen LogP contribution in [0.4, 0.5) is 5.69 Å². The summed E-state index contributed by atoms with van der Waals surface area (Å²) in [5, 5.41) is 3.02. The van der Waals surface area contributed by atoms with Gasteiger partial charge in [0.05, 0.1) is 10.6 Å². The van der Waals surface area contributed by atoms with Gasteiger partial charge in [-0.15, -0.1) is 0 Å². The van der Waals surface area contributed by atoms with E-state index in [-0.39, 0.29) is 29.7 Å². The molecule has 2 amide bonds. The number of aryl methyl sites for hydroxylation is 2. The number of halogens is 1. The number of anilines is 1. The summed E-state index contributed by atoms with van der Waals surface area (Å²) >= 11 is 3.52. The van der Waals surface area contributed by atoms with Gasteiger partial charge in [0.15, 0.2) is 0 Å². The molecular formula is C36H40BrN3O4S. The Bertz CT molecular complexity index is 1710. The number of hydrogen-bond donors (Lipinski definition) is 1. The monoisotopic (exact) mass is 689 g/mol. The Hall–Kier alpha value is -3.95. The highest BCUT2D eigenvalue weighted by Gasteiger charge is 2.35. The second kappa shape index (κ2) is 15.4. The van der Waals surface area contributed by atoms with Crippen LogP contribution in [0.15, 0.2) is 112 Å². The van der Waals surface area contributed by atoms with Crippen LogP contribution in [0, 0.1) is 19.8 Å². The molecule has 1 atom stereocenters. The zero-order valence-electron chi connectivity index (χ0n) is 26.1. The second-order valence-corrected chi connectivity index (χ2v) is 14.4. The first-order valence-corrected chi connectivity index (χ1v) is 17.2. The van der Waals surface area contributed by atoms with Gasteiger partial charge in [-0.05, 0) is 72.4 Å². The van der Waals surface area contributed by atoms with Gasteiger partial charge < -0.3 is 10.2 Å². The van der Waals surface area contributed by atoms with Gasteiger partial charge in [0.25, 0.3) is 10.0 Å². The molecule has 0 saturated heterocycles. The van der Waals surface area contributed by atoms with Crippen molar-refractivity contribution < 1.29 is 18.0 Å². The van der Waals surface area contributed by atoms with E-state index in [9.17, 15) is 18.0 Å². The third-order valence-electron chi connectivity index (χ3n) is 7.44. The summed E-state index contributed by atoms with van der Waals surface area (Å²) < 4.78 is 30.4. The van der Waals surface area contributed by atoms with E-state index in [1.165, 1.54) is 21.3 Å². The molecule has 4 aromatic rings. The lowest BCUT2D eigenvalue weighted by Crippen LogP contribution is -2.53. The Morgan fingerprint density at radius 2 is 1.47 bits per heavy atom. The molecule has 0 bridgehead atoms. The zero-order valence-corrected chi connectivity index (χ0v) is 28.5. The first-order chi connectivity index (χ1) is 21.5. The van der Waals surface area contributed by atoms with Gasteiger partial charge in [0, 0.05) is 24.0 Å². The maximum Gasteiger partial charge on any atom is 0.264 e. The molecule has 7 nitrogen and oxygen atoms in total. The van der Waals surface area contributed by atoms with Gasteiger partial charge in [0.1, 0.15) is 12.6 Å². The van der Waals surface area contributed by atoms with E-state index >= 15 is 0 Å². The molecule has 1 unspecified atom stereocenters. The van der Waals surface area contributed by atoms with E-state index in [0.717, 1.165) is 21.2 Å². The third kappa shape index (κ3) is 9.05. The van der Waals surface area contributed by atoms with Crippen molar-refractivity contribution in [3.05, 3.63) is 130 Å². The average Bonchev–Trinajstić information content (AvgIpc) is 3.02. The average molecular weight is 691 g/mol. The van der Waals surface area contributed by atoms with Crippen LogP contribution in [0.3, 0.4) is 0 Å². The van der Waals surface area contributed by atoms with Gasteiger partial charge in [-0.3, -0.25) is 13.9 Å². The van der Waals surface area contributed by atoms with E-state index in [1.807, 2.05) is 94.4 Å². The van der Waals surface area contributed by atoms with Crippen LogP contribution >= 0.6 is 15.9 Å². The van der Waals surface area contributed by atoms with Gasteiger partial charge in [-0.25, -0.2) is 8.42 Å². The zero-order chi connectivity index (χ0) is 32.6. The number of carbonyl (C=O) groups is 2. The standard InChI is InChI=1S/C36H40BrN3O4S/c1-26(2)23-38-36(42)34(22-29-12-7-5-8-13-29)39(24-30-14-11-15-31(37)21-30)35(41)25-40(33-20-27(3)18-19-28(33)4)45(43,44)32-16-9-6-10-17-32/h5-21,26,34H,22-25H2,1-4H3,(H,38,42). The first kappa shape index (κ1) is 33.9. The molecule has 0 aromatic heterocycles. The lowest BCUT2D eigenvalue weighted by molar-refractivity contribution is -0.140. The lowest BCUT2D eigenvalue weighted by Gasteiger charge is -2.34. The largest absolute Gasteiger partial charge is 0.354 e. The Kier molecular flexibility index (Phi) is 11.6. The van der Waals surface area contributed by atoms with Crippen LogP contribution in [0.25, 0.3) is 0 Å². The molecule has 0 saturated carbocycles. The molecule has 0 aliphatic carbocycles. The molecule has 0 radical (unpaired) electrons. The Labute approximate surface area is 275 Å². The molecule has 0 aliphatic heterocycles. The fraction of sp³-hybridized carbons (Fsp3) is 0.278. The molecule has 4 aromatic carbocycles. The highest BCUT2D eigenvalue weighted by atomic mass is 79.9. The minimum atomic E-state index is -4.15. The van der Waals surface area contributed by atoms with Crippen LogP contribution in [0.1, 0.15) is 36.1 Å². The lowest BCUT2D eigenvalue weighted by atomic mass is 10.0. The van der Waals surface area contributed by atoms with Gasteiger partial charge in [0.2, 0.25) is 11.8 Å². The van der Waals surface area contributed by atoms with Crippen molar-refractivity contribution in [2.75, 3.05) is 17.4 Å².